The summed E-state index contributed by atoms with van der Waals surface area (Å²) < 4.78 is 33.0. The number of aryl methyl sites for hydroxylation is 1. The van der Waals surface area contributed by atoms with E-state index in [-0.39, 0.29) is 5.92 Å². The van der Waals surface area contributed by atoms with Gasteiger partial charge in [-0.15, -0.1) is 0 Å². The summed E-state index contributed by atoms with van der Waals surface area (Å²) in [6.07, 6.45) is 1.31. The Morgan fingerprint density at radius 3 is 2.42 bits per heavy atom. The highest BCUT2D eigenvalue weighted by Gasteiger charge is 2.32. The van der Waals surface area contributed by atoms with Crippen molar-refractivity contribution in [3.8, 4) is 11.4 Å². The molecule has 3 aromatic carbocycles. The van der Waals surface area contributed by atoms with Gasteiger partial charge in [-0.25, -0.2) is 8.42 Å². The van der Waals surface area contributed by atoms with E-state index >= 15 is 0 Å². The zero-order valence-electron chi connectivity index (χ0n) is 17.2. The summed E-state index contributed by atoms with van der Waals surface area (Å²) in [5, 5.41) is 6.42. The van der Waals surface area contributed by atoms with Gasteiger partial charge < -0.3 is 4.52 Å². The maximum absolute atomic E-state index is 12.9. The van der Waals surface area contributed by atoms with Crippen LogP contribution in [0.15, 0.2) is 76.1 Å². The summed E-state index contributed by atoms with van der Waals surface area (Å²) in [4.78, 5) is 5.00. The number of nitrogens with zero attached hydrogens (tertiary/aromatic N) is 3. The standard InChI is InChI=1S/C24H23N3O3S/c1-17-9-11-20(12-10-17)31(28,29)27-15-13-19(14-16-27)24-25-23(26-30-24)22-8-4-6-18-5-2-3-7-21(18)22/h2-12,19H,13-16H2,1H3. The van der Waals surface area contributed by atoms with Crippen LogP contribution in [-0.2, 0) is 10.0 Å². The van der Waals surface area contributed by atoms with E-state index in [0.717, 1.165) is 21.9 Å². The Morgan fingerprint density at radius 1 is 0.935 bits per heavy atom. The van der Waals surface area contributed by atoms with Crippen molar-refractivity contribution in [2.75, 3.05) is 13.1 Å². The first kappa shape index (κ1) is 19.9. The molecule has 1 saturated heterocycles. The molecule has 0 saturated carbocycles. The summed E-state index contributed by atoms with van der Waals surface area (Å²) in [6, 6.07) is 21.2. The lowest BCUT2D eigenvalue weighted by Crippen LogP contribution is -2.37. The molecule has 1 aliphatic heterocycles. The van der Waals surface area contributed by atoms with Gasteiger partial charge >= 0.3 is 0 Å². The van der Waals surface area contributed by atoms with Crippen LogP contribution in [0.5, 0.6) is 0 Å². The Kier molecular flexibility index (Phi) is 5.08. The smallest absolute Gasteiger partial charge is 0.243 e. The van der Waals surface area contributed by atoms with Crippen LogP contribution in [0.4, 0.5) is 0 Å². The second-order valence-electron chi connectivity index (χ2n) is 7.97. The van der Waals surface area contributed by atoms with E-state index in [0.29, 0.717) is 42.5 Å². The molecule has 2 heterocycles. The SMILES string of the molecule is Cc1ccc(S(=O)(=O)N2CCC(c3nc(-c4cccc5ccccc45)no3)CC2)cc1. The van der Waals surface area contributed by atoms with Gasteiger partial charge in [-0.05, 0) is 42.7 Å². The summed E-state index contributed by atoms with van der Waals surface area (Å²) in [5.74, 6) is 1.21. The van der Waals surface area contributed by atoms with Crippen LogP contribution in [0.1, 0.15) is 30.2 Å². The minimum atomic E-state index is -3.48. The number of hydrogen-bond acceptors (Lipinski definition) is 5. The third kappa shape index (κ3) is 3.75. The summed E-state index contributed by atoms with van der Waals surface area (Å²) in [7, 11) is -3.48. The van der Waals surface area contributed by atoms with Crippen molar-refractivity contribution >= 4 is 20.8 Å². The maximum atomic E-state index is 12.9. The highest BCUT2D eigenvalue weighted by Crippen LogP contribution is 2.32. The van der Waals surface area contributed by atoms with Crippen LogP contribution < -0.4 is 0 Å². The van der Waals surface area contributed by atoms with Crippen molar-refractivity contribution < 1.29 is 12.9 Å². The van der Waals surface area contributed by atoms with Gasteiger partial charge in [-0.1, -0.05) is 65.3 Å². The third-order valence-electron chi connectivity index (χ3n) is 5.93. The molecule has 0 amide bonds. The molecule has 158 valence electrons. The number of rotatable bonds is 4. The number of aromatic nitrogens is 2. The Labute approximate surface area is 181 Å². The normalized spacial score (nSPS) is 16.0. The van der Waals surface area contributed by atoms with Crippen molar-refractivity contribution in [1.29, 1.82) is 0 Å². The van der Waals surface area contributed by atoms with Crippen molar-refractivity contribution in [1.82, 2.24) is 14.4 Å². The van der Waals surface area contributed by atoms with Gasteiger partial charge in [-0.3, -0.25) is 0 Å². The van der Waals surface area contributed by atoms with Crippen LogP contribution >= 0.6 is 0 Å². The lowest BCUT2D eigenvalue weighted by Gasteiger charge is -2.29. The van der Waals surface area contributed by atoms with Crippen molar-refractivity contribution in [2.24, 2.45) is 0 Å². The summed E-state index contributed by atoms with van der Waals surface area (Å²) in [6.45, 7) is 2.82. The average Bonchev–Trinajstić information content (AvgIpc) is 3.29. The molecule has 0 atom stereocenters. The molecule has 1 aromatic heterocycles. The third-order valence-corrected chi connectivity index (χ3v) is 7.85. The molecule has 0 radical (unpaired) electrons. The zero-order valence-corrected chi connectivity index (χ0v) is 18.0. The Balaban J connectivity index is 1.33. The number of hydrogen-bond donors (Lipinski definition) is 0. The second kappa shape index (κ2) is 7.90. The largest absolute Gasteiger partial charge is 0.339 e. The van der Waals surface area contributed by atoms with E-state index < -0.39 is 10.0 Å². The van der Waals surface area contributed by atoms with Gasteiger partial charge in [0.15, 0.2) is 0 Å². The first-order valence-electron chi connectivity index (χ1n) is 10.4. The molecule has 0 spiro atoms. The summed E-state index contributed by atoms with van der Waals surface area (Å²) in [5.41, 5.74) is 1.98. The fourth-order valence-corrected chi connectivity index (χ4v) is 5.60. The lowest BCUT2D eigenvalue weighted by atomic mass is 9.98. The van der Waals surface area contributed by atoms with Crippen LogP contribution in [0.3, 0.4) is 0 Å². The maximum Gasteiger partial charge on any atom is 0.243 e. The Morgan fingerprint density at radius 2 is 1.65 bits per heavy atom. The van der Waals surface area contributed by atoms with Crippen LogP contribution in [0, 0.1) is 6.92 Å². The molecule has 4 aromatic rings. The molecule has 7 heteroatoms. The van der Waals surface area contributed by atoms with E-state index in [4.69, 9.17) is 4.52 Å². The Hall–Kier alpha value is -3.03. The number of fused-ring (bicyclic) bond motifs is 1. The topological polar surface area (TPSA) is 76.3 Å². The second-order valence-corrected chi connectivity index (χ2v) is 9.91. The van der Waals surface area contributed by atoms with Crippen molar-refractivity contribution in [3.05, 3.63) is 78.2 Å². The first-order valence-corrected chi connectivity index (χ1v) is 11.8. The fourth-order valence-electron chi connectivity index (χ4n) is 4.13. The zero-order chi connectivity index (χ0) is 21.4. The van der Waals surface area contributed by atoms with E-state index in [1.807, 2.05) is 43.3 Å². The lowest BCUT2D eigenvalue weighted by molar-refractivity contribution is 0.271. The van der Waals surface area contributed by atoms with Crippen molar-refractivity contribution in [3.63, 3.8) is 0 Å². The number of piperidine rings is 1. The fraction of sp³-hybridized carbons (Fsp3) is 0.250. The van der Waals surface area contributed by atoms with Gasteiger partial charge in [-0.2, -0.15) is 9.29 Å². The van der Waals surface area contributed by atoms with Gasteiger partial charge in [0.05, 0.1) is 4.90 Å². The number of sulfonamides is 1. The van der Waals surface area contributed by atoms with Gasteiger partial charge in [0, 0.05) is 24.6 Å². The molecule has 0 bridgehead atoms. The average molecular weight is 434 g/mol. The van der Waals surface area contributed by atoms with E-state index in [2.05, 4.69) is 28.3 Å². The quantitative estimate of drug-likeness (QED) is 0.463. The molecular formula is C24H23N3O3S. The van der Waals surface area contributed by atoms with E-state index in [1.165, 1.54) is 0 Å². The molecule has 0 N–H and O–H groups in total. The molecule has 1 aliphatic rings. The van der Waals surface area contributed by atoms with Crippen LogP contribution in [0.2, 0.25) is 0 Å². The first-order chi connectivity index (χ1) is 15.0. The Bertz CT molecular complexity index is 1320. The predicted octanol–water partition coefficient (Wildman–Crippen LogP) is 4.77. The molecule has 31 heavy (non-hydrogen) atoms. The predicted molar refractivity (Wildman–Crippen MR) is 119 cm³/mol. The van der Waals surface area contributed by atoms with Gasteiger partial charge in [0.2, 0.25) is 21.7 Å². The van der Waals surface area contributed by atoms with Gasteiger partial charge in [0.1, 0.15) is 0 Å². The minimum absolute atomic E-state index is 0.0562. The van der Waals surface area contributed by atoms with Crippen molar-refractivity contribution in [2.45, 2.75) is 30.6 Å². The minimum Gasteiger partial charge on any atom is -0.339 e. The highest BCUT2D eigenvalue weighted by atomic mass is 32.2. The van der Waals surface area contributed by atoms with Gasteiger partial charge in [0.25, 0.3) is 0 Å². The monoisotopic (exact) mass is 433 g/mol. The van der Waals surface area contributed by atoms with E-state index in [9.17, 15) is 8.42 Å². The molecule has 0 aliphatic carbocycles. The number of benzene rings is 3. The highest BCUT2D eigenvalue weighted by molar-refractivity contribution is 7.89. The molecule has 1 fully saturated rings. The molecular weight excluding hydrogens is 410 g/mol. The van der Waals surface area contributed by atoms with Crippen LogP contribution in [-0.4, -0.2) is 36.0 Å². The summed E-state index contributed by atoms with van der Waals surface area (Å²) >= 11 is 0. The van der Waals surface area contributed by atoms with Crippen LogP contribution in [0.25, 0.3) is 22.2 Å². The molecule has 5 rings (SSSR count). The molecule has 0 unspecified atom stereocenters. The van der Waals surface area contributed by atoms with E-state index in [1.54, 1.807) is 16.4 Å². The molecule has 6 nitrogen and oxygen atoms in total.